The van der Waals surface area contributed by atoms with Crippen molar-refractivity contribution in [1.82, 2.24) is 0 Å². The van der Waals surface area contributed by atoms with Crippen LogP contribution in [0, 0.1) is 11.6 Å². The van der Waals surface area contributed by atoms with E-state index >= 15 is 0 Å². The number of benzene rings is 2. The van der Waals surface area contributed by atoms with Crippen LogP contribution in [0.25, 0.3) is 0 Å². The Bertz CT molecular complexity index is 506. The van der Waals surface area contributed by atoms with Crippen molar-refractivity contribution in [2.24, 2.45) is 0 Å². The Kier molecular flexibility index (Phi) is 3.29. The average Bonchev–Trinajstić information content (AvgIpc) is 2.28. The quantitative estimate of drug-likeness (QED) is 0.810. The van der Waals surface area contributed by atoms with Gasteiger partial charge < -0.3 is 5.73 Å². The molecule has 0 fully saturated rings. The summed E-state index contributed by atoms with van der Waals surface area (Å²) < 4.78 is 26.5. The SMILES string of the molecule is Nc1ccc(Cl)cc1Cc1cc(F)ccc1F. The highest BCUT2D eigenvalue weighted by Gasteiger charge is 2.07. The molecule has 0 unspecified atom stereocenters. The van der Waals surface area contributed by atoms with E-state index in [-0.39, 0.29) is 12.0 Å². The molecular weight excluding hydrogens is 244 g/mol. The van der Waals surface area contributed by atoms with Gasteiger partial charge in [-0.3, -0.25) is 0 Å². The van der Waals surface area contributed by atoms with Crippen LogP contribution in [0.2, 0.25) is 5.02 Å². The van der Waals surface area contributed by atoms with Gasteiger partial charge in [0.1, 0.15) is 11.6 Å². The van der Waals surface area contributed by atoms with Gasteiger partial charge in [-0.25, -0.2) is 8.78 Å². The molecule has 0 aliphatic carbocycles. The monoisotopic (exact) mass is 253 g/mol. The lowest BCUT2D eigenvalue weighted by Gasteiger charge is -2.07. The van der Waals surface area contributed by atoms with Crippen LogP contribution < -0.4 is 5.73 Å². The standard InChI is InChI=1S/C13H10ClF2N/c14-10-1-4-13(17)9(6-10)5-8-7-11(15)2-3-12(8)16/h1-4,6-7H,5,17H2. The van der Waals surface area contributed by atoms with Crippen molar-refractivity contribution < 1.29 is 8.78 Å². The summed E-state index contributed by atoms with van der Waals surface area (Å²) in [6, 6.07) is 8.31. The zero-order valence-electron chi connectivity index (χ0n) is 8.88. The summed E-state index contributed by atoms with van der Waals surface area (Å²) in [6.45, 7) is 0. The average molecular weight is 254 g/mol. The fourth-order valence-corrected chi connectivity index (χ4v) is 1.81. The first-order valence-electron chi connectivity index (χ1n) is 5.04. The maximum Gasteiger partial charge on any atom is 0.126 e. The molecule has 1 nitrogen and oxygen atoms in total. The topological polar surface area (TPSA) is 26.0 Å². The molecule has 0 bridgehead atoms. The Morgan fingerprint density at radius 1 is 1.00 bits per heavy atom. The van der Waals surface area contributed by atoms with E-state index in [0.717, 1.165) is 18.2 Å². The van der Waals surface area contributed by atoms with E-state index in [1.54, 1.807) is 18.2 Å². The van der Waals surface area contributed by atoms with Crippen molar-refractivity contribution in [3.63, 3.8) is 0 Å². The van der Waals surface area contributed by atoms with Gasteiger partial charge in [0.2, 0.25) is 0 Å². The number of hydrogen-bond donors (Lipinski definition) is 1. The lowest BCUT2D eigenvalue weighted by atomic mass is 10.0. The molecule has 0 heterocycles. The van der Waals surface area contributed by atoms with E-state index in [1.165, 1.54) is 0 Å². The Morgan fingerprint density at radius 2 is 1.76 bits per heavy atom. The highest BCUT2D eigenvalue weighted by atomic mass is 35.5. The maximum absolute atomic E-state index is 13.4. The van der Waals surface area contributed by atoms with Crippen molar-refractivity contribution in [2.75, 3.05) is 5.73 Å². The number of rotatable bonds is 2. The molecule has 2 aromatic carbocycles. The summed E-state index contributed by atoms with van der Waals surface area (Å²) in [7, 11) is 0. The predicted octanol–water partition coefficient (Wildman–Crippen LogP) is 3.79. The van der Waals surface area contributed by atoms with Crippen LogP contribution in [0.15, 0.2) is 36.4 Å². The van der Waals surface area contributed by atoms with E-state index in [0.29, 0.717) is 16.3 Å². The Balaban J connectivity index is 2.37. The molecule has 0 atom stereocenters. The summed E-state index contributed by atoms with van der Waals surface area (Å²) in [5.74, 6) is -0.923. The summed E-state index contributed by atoms with van der Waals surface area (Å²) >= 11 is 5.83. The highest BCUT2D eigenvalue weighted by molar-refractivity contribution is 6.30. The van der Waals surface area contributed by atoms with E-state index in [9.17, 15) is 8.78 Å². The third kappa shape index (κ3) is 2.74. The Morgan fingerprint density at radius 3 is 2.53 bits per heavy atom. The molecule has 88 valence electrons. The van der Waals surface area contributed by atoms with Crippen LogP contribution in [0.1, 0.15) is 11.1 Å². The minimum atomic E-state index is -0.470. The molecule has 0 aromatic heterocycles. The molecule has 0 aliphatic rings. The lowest BCUT2D eigenvalue weighted by Crippen LogP contribution is -1.98. The number of nitrogen functional groups attached to an aromatic ring is 1. The van der Waals surface area contributed by atoms with Crippen LogP contribution in [-0.4, -0.2) is 0 Å². The van der Waals surface area contributed by atoms with E-state index in [2.05, 4.69) is 0 Å². The first-order chi connectivity index (χ1) is 8.06. The normalized spacial score (nSPS) is 10.5. The van der Waals surface area contributed by atoms with E-state index < -0.39 is 11.6 Å². The van der Waals surface area contributed by atoms with E-state index in [1.807, 2.05) is 0 Å². The number of anilines is 1. The largest absolute Gasteiger partial charge is 0.398 e. The molecule has 0 saturated carbocycles. The fourth-order valence-electron chi connectivity index (χ4n) is 1.61. The zero-order valence-corrected chi connectivity index (χ0v) is 9.64. The van der Waals surface area contributed by atoms with Crippen LogP contribution in [0.3, 0.4) is 0 Å². The predicted molar refractivity (Wildman–Crippen MR) is 65.0 cm³/mol. The molecule has 17 heavy (non-hydrogen) atoms. The molecule has 4 heteroatoms. The number of hydrogen-bond acceptors (Lipinski definition) is 1. The van der Waals surface area contributed by atoms with Gasteiger partial charge in [0.05, 0.1) is 0 Å². The lowest BCUT2D eigenvalue weighted by molar-refractivity contribution is 0.588. The van der Waals surface area contributed by atoms with Gasteiger partial charge in [0, 0.05) is 17.1 Å². The Labute approximate surface area is 103 Å². The summed E-state index contributed by atoms with van der Waals surface area (Å²) in [5, 5.41) is 0.519. The van der Waals surface area contributed by atoms with E-state index in [4.69, 9.17) is 17.3 Å². The second-order valence-electron chi connectivity index (χ2n) is 3.76. The maximum atomic E-state index is 13.4. The molecule has 2 aromatic rings. The minimum Gasteiger partial charge on any atom is -0.398 e. The molecule has 0 spiro atoms. The van der Waals surface area contributed by atoms with Crippen molar-refractivity contribution >= 4 is 17.3 Å². The highest BCUT2D eigenvalue weighted by Crippen LogP contribution is 2.22. The second-order valence-corrected chi connectivity index (χ2v) is 4.19. The van der Waals surface area contributed by atoms with Crippen LogP contribution in [0.4, 0.5) is 14.5 Å². The van der Waals surface area contributed by atoms with Crippen molar-refractivity contribution in [1.29, 1.82) is 0 Å². The smallest absolute Gasteiger partial charge is 0.126 e. The molecule has 2 N–H and O–H groups in total. The van der Waals surface area contributed by atoms with Crippen molar-refractivity contribution in [2.45, 2.75) is 6.42 Å². The summed E-state index contributed by atoms with van der Waals surface area (Å²) in [4.78, 5) is 0. The van der Waals surface area contributed by atoms with Gasteiger partial charge in [0.25, 0.3) is 0 Å². The number of halogens is 3. The molecule has 2 rings (SSSR count). The van der Waals surface area contributed by atoms with Gasteiger partial charge in [-0.05, 0) is 47.5 Å². The molecular formula is C13H10ClF2N. The molecule has 0 saturated heterocycles. The third-order valence-corrected chi connectivity index (χ3v) is 2.73. The third-order valence-electron chi connectivity index (χ3n) is 2.49. The van der Waals surface area contributed by atoms with Crippen LogP contribution >= 0.6 is 11.6 Å². The van der Waals surface area contributed by atoms with Crippen molar-refractivity contribution in [3.8, 4) is 0 Å². The second kappa shape index (κ2) is 4.72. The molecule has 0 amide bonds. The number of nitrogens with two attached hydrogens (primary N) is 1. The van der Waals surface area contributed by atoms with Crippen LogP contribution in [-0.2, 0) is 6.42 Å². The van der Waals surface area contributed by atoms with Crippen LogP contribution in [0.5, 0.6) is 0 Å². The van der Waals surface area contributed by atoms with Gasteiger partial charge in [-0.1, -0.05) is 11.6 Å². The van der Waals surface area contributed by atoms with Gasteiger partial charge in [-0.2, -0.15) is 0 Å². The Hall–Kier alpha value is -1.61. The summed E-state index contributed by atoms with van der Waals surface area (Å²) in [5.41, 5.74) is 7.21. The fraction of sp³-hybridized carbons (Fsp3) is 0.0769. The molecule has 0 aliphatic heterocycles. The first kappa shape index (κ1) is 11.9. The first-order valence-corrected chi connectivity index (χ1v) is 5.42. The van der Waals surface area contributed by atoms with Gasteiger partial charge in [-0.15, -0.1) is 0 Å². The molecule has 0 radical (unpaired) electrons. The minimum absolute atomic E-state index is 0.218. The van der Waals surface area contributed by atoms with Gasteiger partial charge in [0.15, 0.2) is 0 Å². The van der Waals surface area contributed by atoms with Gasteiger partial charge >= 0.3 is 0 Å². The zero-order chi connectivity index (χ0) is 12.4. The van der Waals surface area contributed by atoms with Crippen molar-refractivity contribution in [3.05, 3.63) is 64.2 Å². The summed E-state index contributed by atoms with van der Waals surface area (Å²) in [6.07, 6.45) is 0.218.